The minimum Gasteiger partial charge on any atom is -0.478 e. The maximum Gasteiger partial charge on any atom is 0.335 e. The molecule has 7 rings (SSSR count). The third kappa shape index (κ3) is 5.07. The van der Waals surface area contributed by atoms with Gasteiger partial charge in [0, 0.05) is 23.7 Å². The van der Waals surface area contributed by atoms with E-state index in [4.69, 9.17) is 5.11 Å². The van der Waals surface area contributed by atoms with Crippen LogP contribution in [0.5, 0.6) is 0 Å². The highest BCUT2D eigenvalue weighted by atomic mass is 16.6. The molecule has 1 aliphatic carbocycles. The fourth-order valence-electron chi connectivity index (χ4n) is 6.30. The van der Waals surface area contributed by atoms with Crippen LogP contribution < -0.4 is 0 Å². The number of pyridine rings is 1. The van der Waals surface area contributed by atoms with Gasteiger partial charge in [-0.2, -0.15) is 0 Å². The predicted molar refractivity (Wildman–Crippen MR) is 167 cm³/mol. The first-order valence-corrected chi connectivity index (χ1v) is 14.0. The van der Waals surface area contributed by atoms with E-state index in [1.54, 1.807) is 42.6 Å². The van der Waals surface area contributed by atoms with Gasteiger partial charge in [0.05, 0.1) is 16.0 Å². The number of aromatic carboxylic acids is 1. The summed E-state index contributed by atoms with van der Waals surface area (Å²) in [7, 11) is 0. The molecule has 0 bridgehead atoms. The molecule has 1 atom stereocenters. The van der Waals surface area contributed by atoms with Gasteiger partial charge in [0.2, 0.25) is 0 Å². The van der Waals surface area contributed by atoms with Gasteiger partial charge >= 0.3 is 5.97 Å². The Hall–Kier alpha value is -5.10. The van der Waals surface area contributed by atoms with Crippen molar-refractivity contribution in [1.82, 2.24) is 4.98 Å². The number of non-ortho nitro benzene ring substituents is 1. The van der Waals surface area contributed by atoms with Crippen molar-refractivity contribution < 1.29 is 14.8 Å². The van der Waals surface area contributed by atoms with E-state index < -0.39 is 5.97 Å². The molecule has 0 saturated heterocycles. The summed E-state index contributed by atoms with van der Waals surface area (Å²) in [5.74, 6) is -0.654. The fourth-order valence-corrected chi connectivity index (χ4v) is 6.30. The topological polar surface area (TPSA) is 93.3 Å². The molecular formula is C36H30N2O4. The molecule has 0 fully saturated rings. The molecule has 0 radical (unpaired) electrons. The summed E-state index contributed by atoms with van der Waals surface area (Å²) in [6, 6.07) is 33.2. The van der Waals surface area contributed by atoms with E-state index in [0.29, 0.717) is 5.56 Å². The SMILES string of the molecule is CC1(C)Cc2c(ccc3c2ccc2ccccc23)CC1c1cccc([N+](=O)[O-])c1.O=C(O)c1ccc2ncccc2c1. The van der Waals surface area contributed by atoms with E-state index in [0.717, 1.165) is 29.3 Å². The van der Waals surface area contributed by atoms with E-state index in [1.807, 2.05) is 18.2 Å². The number of hydrogen-bond acceptors (Lipinski definition) is 4. The lowest BCUT2D eigenvalue weighted by molar-refractivity contribution is -0.384. The second kappa shape index (κ2) is 10.7. The molecule has 1 aliphatic rings. The van der Waals surface area contributed by atoms with Crippen LogP contribution in [0.25, 0.3) is 32.4 Å². The highest BCUT2D eigenvalue weighted by Crippen LogP contribution is 2.48. The number of nitro benzene ring substituents is 1. The van der Waals surface area contributed by atoms with Crippen LogP contribution in [-0.4, -0.2) is 21.0 Å². The number of aromatic nitrogens is 1. The van der Waals surface area contributed by atoms with Gasteiger partial charge in [-0.1, -0.05) is 80.6 Å². The number of hydrogen-bond donors (Lipinski definition) is 1. The summed E-state index contributed by atoms with van der Waals surface area (Å²) in [6.07, 6.45) is 3.56. The molecule has 1 N–H and O–H groups in total. The standard InChI is InChI=1S/C26H23NO2.C10H7NO2/c1-26(2)16-24-18(15-25(26)19-7-5-8-20(14-19)27(28)29)11-13-22-21-9-4-3-6-17(21)10-12-23(22)24;12-10(13)8-3-4-9-7(6-8)2-1-5-11-9/h3-14,25H,15-16H2,1-2H3;1-6H,(H,12,13). The number of fused-ring (bicyclic) bond motifs is 6. The summed E-state index contributed by atoms with van der Waals surface area (Å²) < 4.78 is 0. The number of nitrogens with zero attached hydrogens (tertiary/aromatic N) is 2. The second-order valence-electron chi connectivity index (χ2n) is 11.6. The molecule has 1 aromatic heterocycles. The number of carboxylic acid groups (broad SMARTS) is 1. The van der Waals surface area contributed by atoms with Crippen LogP contribution >= 0.6 is 0 Å². The van der Waals surface area contributed by atoms with Crippen LogP contribution in [0.15, 0.2) is 109 Å². The van der Waals surface area contributed by atoms with Crippen molar-refractivity contribution in [2.24, 2.45) is 5.41 Å². The third-order valence-corrected chi connectivity index (χ3v) is 8.47. The Morgan fingerprint density at radius 2 is 1.64 bits per heavy atom. The largest absolute Gasteiger partial charge is 0.478 e. The van der Waals surface area contributed by atoms with E-state index in [-0.39, 0.29) is 21.9 Å². The summed E-state index contributed by atoms with van der Waals surface area (Å²) in [4.78, 5) is 25.7. The molecule has 5 aromatic carbocycles. The lowest BCUT2D eigenvalue weighted by Gasteiger charge is -2.40. The van der Waals surface area contributed by atoms with Gasteiger partial charge in [-0.3, -0.25) is 15.1 Å². The van der Waals surface area contributed by atoms with Crippen LogP contribution in [0.2, 0.25) is 0 Å². The third-order valence-electron chi connectivity index (χ3n) is 8.47. The Labute approximate surface area is 243 Å². The first-order valence-electron chi connectivity index (χ1n) is 14.0. The first kappa shape index (κ1) is 27.1. The van der Waals surface area contributed by atoms with E-state index in [1.165, 1.54) is 32.7 Å². The van der Waals surface area contributed by atoms with Crippen LogP contribution in [0.1, 0.15) is 46.8 Å². The molecule has 0 saturated carbocycles. The first-order chi connectivity index (χ1) is 20.2. The Balaban J connectivity index is 0.000000203. The van der Waals surface area contributed by atoms with Crippen LogP contribution in [0.4, 0.5) is 5.69 Å². The van der Waals surface area contributed by atoms with E-state index in [9.17, 15) is 14.9 Å². The van der Waals surface area contributed by atoms with Gasteiger partial charge in [0.1, 0.15) is 0 Å². The second-order valence-corrected chi connectivity index (χ2v) is 11.6. The molecule has 6 aromatic rings. The Kier molecular flexibility index (Phi) is 6.91. The van der Waals surface area contributed by atoms with Crippen molar-refractivity contribution in [3.63, 3.8) is 0 Å². The molecule has 6 nitrogen and oxygen atoms in total. The highest BCUT2D eigenvalue weighted by molar-refractivity contribution is 6.08. The zero-order valence-corrected chi connectivity index (χ0v) is 23.5. The van der Waals surface area contributed by atoms with Crippen LogP contribution in [0, 0.1) is 15.5 Å². The predicted octanol–water partition coefficient (Wildman–Crippen LogP) is 8.74. The average molecular weight is 555 g/mol. The summed E-state index contributed by atoms with van der Waals surface area (Å²) in [5.41, 5.74) is 5.15. The molecule has 0 amide bonds. The normalized spacial score (nSPS) is 15.5. The molecule has 6 heteroatoms. The summed E-state index contributed by atoms with van der Waals surface area (Å²) >= 11 is 0. The lowest BCUT2D eigenvalue weighted by Crippen LogP contribution is -2.31. The number of benzene rings is 5. The van der Waals surface area contributed by atoms with E-state index in [2.05, 4.69) is 67.4 Å². The number of carbonyl (C=O) groups is 1. The van der Waals surface area contributed by atoms with Gasteiger partial charge in [-0.05, 0) is 86.7 Å². The molecule has 42 heavy (non-hydrogen) atoms. The summed E-state index contributed by atoms with van der Waals surface area (Å²) in [5, 5.41) is 26.0. The van der Waals surface area contributed by atoms with Crippen molar-refractivity contribution in [1.29, 1.82) is 0 Å². The van der Waals surface area contributed by atoms with Gasteiger partial charge in [-0.15, -0.1) is 0 Å². The zero-order chi connectivity index (χ0) is 29.4. The van der Waals surface area contributed by atoms with Crippen LogP contribution in [0.3, 0.4) is 0 Å². The molecule has 0 spiro atoms. The Bertz CT molecular complexity index is 2000. The summed E-state index contributed by atoms with van der Waals surface area (Å²) in [6.45, 7) is 4.58. The zero-order valence-electron chi connectivity index (χ0n) is 23.5. The number of nitro groups is 1. The maximum atomic E-state index is 11.3. The average Bonchev–Trinajstić information content (AvgIpc) is 3.00. The van der Waals surface area contributed by atoms with Gasteiger partial charge < -0.3 is 5.11 Å². The Morgan fingerprint density at radius 3 is 2.45 bits per heavy atom. The van der Waals surface area contributed by atoms with Crippen molar-refractivity contribution in [3.05, 3.63) is 142 Å². The van der Waals surface area contributed by atoms with Gasteiger partial charge in [0.25, 0.3) is 5.69 Å². The quantitative estimate of drug-likeness (QED) is 0.134. The van der Waals surface area contributed by atoms with Crippen molar-refractivity contribution in [2.45, 2.75) is 32.6 Å². The van der Waals surface area contributed by atoms with Crippen molar-refractivity contribution >= 4 is 44.1 Å². The molecule has 1 heterocycles. The maximum absolute atomic E-state index is 11.3. The van der Waals surface area contributed by atoms with Gasteiger partial charge in [0.15, 0.2) is 0 Å². The molecule has 1 unspecified atom stereocenters. The Morgan fingerprint density at radius 1 is 0.857 bits per heavy atom. The van der Waals surface area contributed by atoms with Crippen LogP contribution in [-0.2, 0) is 12.8 Å². The highest BCUT2D eigenvalue weighted by Gasteiger charge is 2.37. The van der Waals surface area contributed by atoms with E-state index >= 15 is 0 Å². The van der Waals surface area contributed by atoms with Crippen molar-refractivity contribution in [2.75, 3.05) is 0 Å². The smallest absolute Gasteiger partial charge is 0.335 e. The molecule has 0 aliphatic heterocycles. The van der Waals surface area contributed by atoms with Crippen molar-refractivity contribution in [3.8, 4) is 0 Å². The fraction of sp³-hybridized carbons (Fsp3) is 0.167. The minimum atomic E-state index is -0.911. The van der Waals surface area contributed by atoms with Gasteiger partial charge in [-0.25, -0.2) is 4.79 Å². The molecular weight excluding hydrogens is 524 g/mol. The minimum absolute atomic E-state index is 0.0160. The molecule has 208 valence electrons. The number of carboxylic acids is 1. The monoisotopic (exact) mass is 554 g/mol. The number of rotatable bonds is 3. The lowest BCUT2D eigenvalue weighted by atomic mass is 9.63.